The largest absolute Gasteiger partial charge is 0.377 e. The molecule has 2 fully saturated rings. The van der Waals surface area contributed by atoms with Gasteiger partial charge in [0, 0.05) is 23.4 Å². The van der Waals surface area contributed by atoms with Crippen LogP contribution in [0.3, 0.4) is 0 Å². The number of fused-ring (bicyclic) bond motifs is 3. The van der Waals surface area contributed by atoms with Crippen molar-refractivity contribution in [2.24, 2.45) is 0 Å². The molecule has 2 saturated heterocycles. The second-order valence-corrected chi connectivity index (χ2v) is 6.75. The van der Waals surface area contributed by atoms with E-state index in [4.69, 9.17) is 14.8 Å². The van der Waals surface area contributed by atoms with Gasteiger partial charge >= 0.3 is 0 Å². The molecule has 0 spiro atoms. The smallest absolute Gasteiger partial charge is 0.158 e. The molecule has 2 atom stereocenters. The molecule has 0 radical (unpaired) electrons. The first-order valence-electron chi connectivity index (χ1n) is 8.58. The average molecular weight is 320 g/mol. The predicted molar refractivity (Wildman–Crippen MR) is 93.3 cm³/mol. The van der Waals surface area contributed by atoms with Crippen LogP contribution in [0.1, 0.15) is 18.5 Å². The van der Waals surface area contributed by atoms with Gasteiger partial charge in [-0.15, -0.1) is 0 Å². The predicted octanol–water partition coefficient (Wildman–Crippen LogP) is 3.07. The van der Waals surface area contributed by atoms with Crippen LogP contribution in [0, 0.1) is 6.92 Å². The van der Waals surface area contributed by atoms with Crippen molar-refractivity contribution >= 4 is 11.5 Å². The van der Waals surface area contributed by atoms with Gasteiger partial charge in [-0.3, -0.25) is 0 Å². The number of nitrogens with zero attached hydrogens (tertiary/aromatic N) is 4. The van der Waals surface area contributed by atoms with Crippen molar-refractivity contribution in [1.82, 2.24) is 14.6 Å². The fourth-order valence-corrected chi connectivity index (χ4v) is 4.02. The molecule has 24 heavy (non-hydrogen) atoms. The van der Waals surface area contributed by atoms with Crippen molar-refractivity contribution in [3.8, 4) is 11.3 Å². The van der Waals surface area contributed by atoms with Crippen LogP contribution in [-0.2, 0) is 4.74 Å². The standard InChI is InChI=1S/C19H20N4O/c1-13-9-19(22-15-7-8-16(22)12-24-11-15)23-18(20-13)10-17(21-23)14-5-3-2-4-6-14/h2-6,9-10,15-16H,7-8,11-12H2,1H3. The van der Waals surface area contributed by atoms with Crippen LogP contribution in [-0.4, -0.2) is 39.9 Å². The van der Waals surface area contributed by atoms with E-state index in [1.165, 1.54) is 12.8 Å². The summed E-state index contributed by atoms with van der Waals surface area (Å²) in [4.78, 5) is 7.20. The molecule has 2 unspecified atom stereocenters. The average Bonchev–Trinajstić information content (AvgIpc) is 3.13. The van der Waals surface area contributed by atoms with E-state index in [0.29, 0.717) is 12.1 Å². The first kappa shape index (κ1) is 14.0. The van der Waals surface area contributed by atoms with Gasteiger partial charge in [-0.2, -0.15) is 9.61 Å². The second-order valence-electron chi connectivity index (χ2n) is 6.75. The van der Waals surface area contributed by atoms with Gasteiger partial charge in [0.1, 0.15) is 5.82 Å². The van der Waals surface area contributed by atoms with Crippen molar-refractivity contribution in [2.45, 2.75) is 31.8 Å². The monoisotopic (exact) mass is 320 g/mol. The number of rotatable bonds is 2. The van der Waals surface area contributed by atoms with E-state index in [1.807, 2.05) is 22.7 Å². The summed E-state index contributed by atoms with van der Waals surface area (Å²) in [6.07, 6.45) is 2.39. The Morgan fingerprint density at radius 1 is 1.04 bits per heavy atom. The normalized spacial score (nSPS) is 23.1. The summed E-state index contributed by atoms with van der Waals surface area (Å²) in [5.74, 6) is 1.15. The lowest BCUT2D eigenvalue weighted by molar-refractivity contribution is 0.0900. The minimum atomic E-state index is 0.457. The van der Waals surface area contributed by atoms with Gasteiger partial charge in [-0.1, -0.05) is 30.3 Å². The molecule has 3 aromatic rings. The van der Waals surface area contributed by atoms with Gasteiger partial charge in [0.2, 0.25) is 0 Å². The fraction of sp³-hybridized carbons (Fsp3) is 0.368. The molecule has 5 rings (SSSR count). The lowest BCUT2D eigenvalue weighted by Crippen LogP contribution is -2.46. The molecule has 2 bridgehead atoms. The molecule has 2 aliphatic rings. The molecular weight excluding hydrogens is 300 g/mol. The summed E-state index contributed by atoms with van der Waals surface area (Å²) in [6, 6.07) is 15.4. The summed E-state index contributed by atoms with van der Waals surface area (Å²) in [6.45, 7) is 3.68. The molecule has 4 heterocycles. The van der Waals surface area contributed by atoms with Crippen LogP contribution in [0.4, 0.5) is 5.82 Å². The molecule has 0 amide bonds. The molecule has 122 valence electrons. The number of ether oxygens (including phenoxy) is 1. The third kappa shape index (κ3) is 2.12. The Bertz CT molecular complexity index is 873. The molecule has 0 saturated carbocycles. The maximum absolute atomic E-state index is 5.74. The third-order valence-electron chi connectivity index (χ3n) is 5.11. The summed E-state index contributed by atoms with van der Waals surface area (Å²) >= 11 is 0. The minimum Gasteiger partial charge on any atom is -0.377 e. The summed E-state index contributed by atoms with van der Waals surface area (Å²) < 4.78 is 7.74. The number of anilines is 1. The maximum atomic E-state index is 5.74. The van der Waals surface area contributed by atoms with E-state index in [2.05, 4.69) is 36.1 Å². The van der Waals surface area contributed by atoms with Gasteiger partial charge in [-0.05, 0) is 19.8 Å². The van der Waals surface area contributed by atoms with E-state index in [0.717, 1.165) is 41.6 Å². The summed E-state index contributed by atoms with van der Waals surface area (Å²) in [5.41, 5.74) is 4.03. The van der Waals surface area contributed by atoms with Crippen molar-refractivity contribution in [1.29, 1.82) is 0 Å². The lowest BCUT2D eigenvalue weighted by atomic mass is 10.2. The minimum absolute atomic E-state index is 0.457. The highest BCUT2D eigenvalue weighted by molar-refractivity contribution is 5.66. The van der Waals surface area contributed by atoms with Crippen LogP contribution < -0.4 is 4.90 Å². The molecule has 0 aliphatic carbocycles. The van der Waals surface area contributed by atoms with Gasteiger partial charge in [0.15, 0.2) is 5.65 Å². The zero-order valence-corrected chi connectivity index (χ0v) is 13.7. The molecule has 0 N–H and O–H groups in total. The van der Waals surface area contributed by atoms with Crippen molar-refractivity contribution in [3.63, 3.8) is 0 Å². The number of aromatic nitrogens is 3. The number of benzene rings is 1. The van der Waals surface area contributed by atoms with Crippen molar-refractivity contribution in [2.75, 3.05) is 18.1 Å². The topological polar surface area (TPSA) is 42.7 Å². The Balaban J connectivity index is 1.67. The van der Waals surface area contributed by atoms with E-state index >= 15 is 0 Å². The Morgan fingerprint density at radius 2 is 1.79 bits per heavy atom. The first-order chi connectivity index (χ1) is 11.8. The van der Waals surface area contributed by atoms with Crippen molar-refractivity contribution < 1.29 is 4.74 Å². The zero-order chi connectivity index (χ0) is 16.1. The van der Waals surface area contributed by atoms with Gasteiger partial charge in [0.05, 0.1) is 31.0 Å². The Labute approximate surface area is 140 Å². The maximum Gasteiger partial charge on any atom is 0.158 e. The molecule has 2 aliphatic heterocycles. The SMILES string of the molecule is Cc1cc(N2C3CCC2COC3)n2nc(-c3ccccc3)cc2n1. The second kappa shape index (κ2) is 5.31. The molecule has 5 nitrogen and oxygen atoms in total. The molecule has 5 heteroatoms. The quantitative estimate of drug-likeness (QED) is 0.728. The number of aryl methyl sites for hydroxylation is 1. The Hall–Kier alpha value is -2.40. The van der Waals surface area contributed by atoms with Crippen LogP contribution in [0.5, 0.6) is 0 Å². The van der Waals surface area contributed by atoms with Gasteiger partial charge in [0.25, 0.3) is 0 Å². The Kier molecular flexibility index (Phi) is 3.10. The van der Waals surface area contributed by atoms with Gasteiger partial charge in [-0.25, -0.2) is 4.98 Å². The number of hydrogen-bond donors (Lipinski definition) is 0. The highest BCUT2D eigenvalue weighted by Gasteiger charge is 2.38. The number of hydrogen-bond acceptors (Lipinski definition) is 4. The number of morpholine rings is 1. The molecular formula is C19H20N4O. The summed E-state index contributed by atoms with van der Waals surface area (Å²) in [7, 11) is 0. The molecule has 1 aromatic carbocycles. The highest BCUT2D eigenvalue weighted by Crippen LogP contribution is 2.34. The first-order valence-corrected chi connectivity index (χ1v) is 8.58. The van der Waals surface area contributed by atoms with E-state index < -0.39 is 0 Å². The Morgan fingerprint density at radius 3 is 2.54 bits per heavy atom. The van der Waals surface area contributed by atoms with Crippen molar-refractivity contribution in [3.05, 3.63) is 48.2 Å². The van der Waals surface area contributed by atoms with Crippen LogP contribution in [0.25, 0.3) is 16.9 Å². The van der Waals surface area contributed by atoms with Crippen LogP contribution >= 0.6 is 0 Å². The zero-order valence-electron chi connectivity index (χ0n) is 13.7. The lowest BCUT2D eigenvalue weighted by Gasteiger charge is -2.36. The van der Waals surface area contributed by atoms with E-state index in [-0.39, 0.29) is 0 Å². The highest BCUT2D eigenvalue weighted by atomic mass is 16.5. The van der Waals surface area contributed by atoms with E-state index in [1.54, 1.807) is 0 Å². The fourth-order valence-electron chi connectivity index (χ4n) is 4.02. The molecule has 2 aromatic heterocycles. The van der Waals surface area contributed by atoms with Gasteiger partial charge < -0.3 is 9.64 Å². The van der Waals surface area contributed by atoms with E-state index in [9.17, 15) is 0 Å². The van der Waals surface area contributed by atoms with Crippen LogP contribution in [0.2, 0.25) is 0 Å². The van der Waals surface area contributed by atoms with Crippen LogP contribution in [0.15, 0.2) is 42.5 Å². The summed E-state index contributed by atoms with van der Waals surface area (Å²) in [5, 5.41) is 4.87. The third-order valence-corrected chi connectivity index (χ3v) is 5.11.